The molecule has 1 aliphatic rings. The van der Waals surface area contributed by atoms with Crippen LogP contribution in [0.5, 0.6) is 0 Å². The fourth-order valence-corrected chi connectivity index (χ4v) is 2.20. The van der Waals surface area contributed by atoms with Gasteiger partial charge in [-0.25, -0.2) is 10.0 Å². The number of hydrogen-bond acceptors (Lipinski definition) is 6. The van der Waals surface area contributed by atoms with Gasteiger partial charge in [-0.15, -0.1) is 0 Å². The molecule has 0 bridgehead atoms. The van der Waals surface area contributed by atoms with E-state index in [-0.39, 0.29) is 13.0 Å². The molecule has 0 radical (unpaired) electrons. The third-order valence-electron chi connectivity index (χ3n) is 3.28. The quantitative estimate of drug-likeness (QED) is 0.427. The predicted molar refractivity (Wildman–Crippen MR) is 76.4 cm³/mol. The second-order valence-electron chi connectivity index (χ2n) is 4.98. The zero-order valence-corrected chi connectivity index (χ0v) is 13.0. The number of hydroxylamine groups is 2. The Balaban J connectivity index is 2.27. The van der Waals surface area contributed by atoms with Crippen LogP contribution < -0.4 is 0 Å². The number of carbonyl (C=O) groups is 2. The molecule has 2 rings (SSSR count). The Morgan fingerprint density at radius 3 is 2.96 bits per heavy atom. The first kappa shape index (κ1) is 17.9. The number of amides is 1. The molecule has 0 spiro atoms. The maximum atomic E-state index is 13.8. The smallest absolute Gasteiger partial charge is 0.444 e. The molecule has 1 aliphatic heterocycles. The van der Waals surface area contributed by atoms with Crippen molar-refractivity contribution in [2.24, 2.45) is 0 Å². The van der Waals surface area contributed by atoms with Gasteiger partial charge in [0, 0.05) is 25.6 Å². The van der Waals surface area contributed by atoms with E-state index in [0.29, 0.717) is 22.9 Å². The number of alkyl halides is 2. The summed E-state index contributed by atoms with van der Waals surface area (Å²) in [5, 5.41) is 0.376. The van der Waals surface area contributed by atoms with Gasteiger partial charge in [0.1, 0.15) is 6.04 Å². The summed E-state index contributed by atoms with van der Waals surface area (Å²) < 4.78 is 36.8. The minimum absolute atomic E-state index is 0.0743. The van der Waals surface area contributed by atoms with Crippen LogP contribution in [0.15, 0.2) is 23.1 Å². The van der Waals surface area contributed by atoms with E-state index in [1.807, 2.05) is 0 Å². The van der Waals surface area contributed by atoms with Gasteiger partial charge in [0.2, 0.25) is 6.41 Å². The van der Waals surface area contributed by atoms with Gasteiger partial charge in [-0.05, 0) is 7.05 Å². The van der Waals surface area contributed by atoms with Gasteiger partial charge in [-0.3, -0.25) is 9.22 Å². The van der Waals surface area contributed by atoms with Crippen LogP contribution in [0.4, 0.5) is 8.78 Å². The number of likely N-dealkylation sites (N-methyl/N-ethyl adjacent to an activating group) is 1. The van der Waals surface area contributed by atoms with Crippen molar-refractivity contribution < 1.29 is 32.0 Å². The highest BCUT2D eigenvalue weighted by Gasteiger charge is 2.56. The van der Waals surface area contributed by atoms with Gasteiger partial charge >= 0.3 is 12.1 Å². The molecule has 2 heterocycles. The van der Waals surface area contributed by atoms with Crippen LogP contribution >= 0.6 is 0 Å². The number of hydrogen-bond donors (Lipinski definition) is 0. The summed E-state index contributed by atoms with van der Waals surface area (Å²) in [7, 11) is 1.74. The van der Waals surface area contributed by atoms with Crippen molar-refractivity contribution in [1.29, 1.82) is 0 Å². The van der Waals surface area contributed by atoms with Crippen LogP contribution in [-0.4, -0.2) is 65.9 Å². The van der Waals surface area contributed by atoms with Crippen LogP contribution in [0, 0.1) is 0 Å². The van der Waals surface area contributed by atoms with Crippen molar-refractivity contribution in [2.75, 3.05) is 20.1 Å². The molecule has 10 heteroatoms. The number of carbonyl (C=O) groups excluding carboxylic acids is 3. The van der Waals surface area contributed by atoms with Crippen molar-refractivity contribution in [3.05, 3.63) is 24.4 Å². The largest absolute Gasteiger partial charge is 0.683 e. The maximum absolute atomic E-state index is 13.8. The molecule has 0 fully saturated rings. The summed E-state index contributed by atoms with van der Waals surface area (Å²) in [4.78, 5) is 32.4. The molecule has 24 heavy (non-hydrogen) atoms. The predicted octanol–water partition coefficient (Wildman–Crippen LogP) is 0.636. The Kier molecular flexibility index (Phi) is 5.52. The highest BCUT2D eigenvalue weighted by atomic mass is 19.3. The molecule has 8 nitrogen and oxygen atoms in total. The summed E-state index contributed by atoms with van der Waals surface area (Å²) in [6.45, 7) is 1.96. The fraction of sp³-hybridized carbons (Fsp3) is 0.429. The zero-order chi connectivity index (χ0) is 17.7. The van der Waals surface area contributed by atoms with Gasteiger partial charge in [0.05, 0.1) is 11.0 Å². The summed E-state index contributed by atoms with van der Waals surface area (Å²) in [5.74, 6) is -1.61. The topological polar surface area (TPSA) is 87.2 Å². The molecule has 0 saturated carbocycles. The summed E-state index contributed by atoms with van der Waals surface area (Å²) in [6, 6.07) is -0.918. The molecule has 130 valence electrons. The van der Waals surface area contributed by atoms with Crippen LogP contribution in [0.25, 0.3) is 5.57 Å². The van der Waals surface area contributed by atoms with Gasteiger partial charge < -0.3 is 9.32 Å². The molecule has 1 atom stereocenters. The molecule has 0 unspecified atom stereocenters. The lowest BCUT2D eigenvalue weighted by atomic mass is 10.0. The Hall–Kier alpha value is -2.46. The number of aromatic nitrogens is 1. The van der Waals surface area contributed by atoms with E-state index in [9.17, 15) is 18.4 Å². The average Bonchev–Trinajstić information content (AvgIpc) is 3.07. The van der Waals surface area contributed by atoms with E-state index in [1.54, 1.807) is 18.0 Å². The summed E-state index contributed by atoms with van der Waals surface area (Å²) in [6.07, 6.45) is 0.817. The Bertz CT molecular complexity index is 645. The monoisotopic (exact) mass is 344 g/mol. The lowest BCUT2D eigenvalue weighted by Crippen LogP contribution is -2.50. The van der Waals surface area contributed by atoms with Crippen molar-refractivity contribution in [2.45, 2.75) is 19.1 Å². The van der Waals surface area contributed by atoms with Crippen molar-refractivity contribution >= 4 is 24.2 Å². The number of aldehydes is 1. The average molecular weight is 344 g/mol. The molecule has 1 aromatic rings. The van der Waals surface area contributed by atoms with Gasteiger partial charge in [-0.2, -0.15) is 13.6 Å². The van der Waals surface area contributed by atoms with E-state index < -0.39 is 18.1 Å². The van der Waals surface area contributed by atoms with Crippen molar-refractivity contribution in [3.63, 3.8) is 0 Å². The Morgan fingerprint density at radius 1 is 1.62 bits per heavy atom. The van der Waals surface area contributed by atoms with Gasteiger partial charge in [0.25, 0.3) is 0 Å². The molecular formula is C14H16F2N3O5+. The van der Waals surface area contributed by atoms with E-state index in [2.05, 4.69) is 14.2 Å². The van der Waals surface area contributed by atoms with E-state index in [4.69, 9.17) is 4.42 Å². The van der Waals surface area contributed by atoms with E-state index in [0.717, 1.165) is 6.29 Å². The number of halogens is 2. The highest BCUT2D eigenvalue weighted by molar-refractivity contribution is 5.75. The van der Waals surface area contributed by atoms with Crippen LogP contribution in [0.1, 0.15) is 12.7 Å². The number of rotatable bonds is 6. The standard InChI is InChI=1S/C14H16F2N3O5/c1-3-22-13(21)14(15,16)24-19(9-20)11-7-18(2)5-4-10(11)12-6-17-8-23-12/h3-4,6,8-9,11H,5,7H2,1-2H3/q+1/t11-/m0/s1. The lowest BCUT2D eigenvalue weighted by molar-refractivity contribution is -0.433. The van der Waals surface area contributed by atoms with Gasteiger partial charge in [-0.1, -0.05) is 6.08 Å². The first-order chi connectivity index (χ1) is 11.4. The first-order valence-corrected chi connectivity index (χ1v) is 6.96. The molecule has 0 N–H and O–H groups in total. The van der Waals surface area contributed by atoms with Crippen molar-refractivity contribution in [1.82, 2.24) is 14.9 Å². The Labute approximate surface area is 135 Å². The molecule has 0 aromatic carbocycles. The van der Waals surface area contributed by atoms with Crippen LogP contribution in [-0.2, 0) is 18.9 Å². The van der Waals surface area contributed by atoms with E-state index >= 15 is 0 Å². The first-order valence-electron chi connectivity index (χ1n) is 6.96. The fourth-order valence-electron chi connectivity index (χ4n) is 2.20. The molecular weight excluding hydrogens is 328 g/mol. The normalized spacial score (nSPS) is 19.3. The second kappa shape index (κ2) is 7.41. The highest BCUT2D eigenvalue weighted by Crippen LogP contribution is 2.28. The number of oxazole rings is 1. The van der Waals surface area contributed by atoms with Crippen molar-refractivity contribution in [3.8, 4) is 0 Å². The number of nitrogens with zero attached hydrogens (tertiary/aromatic N) is 3. The maximum Gasteiger partial charge on any atom is 0.683 e. The minimum Gasteiger partial charge on any atom is -0.444 e. The van der Waals surface area contributed by atoms with Gasteiger partial charge in [0.15, 0.2) is 18.4 Å². The third kappa shape index (κ3) is 3.89. The summed E-state index contributed by atoms with van der Waals surface area (Å²) >= 11 is 0. The molecule has 1 aromatic heterocycles. The molecule has 0 saturated heterocycles. The molecule has 0 aliphatic carbocycles. The summed E-state index contributed by atoms with van der Waals surface area (Å²) in [5.41, 5.74) is 0.448. The zero-order valence-electron chi connectivity index (χ0n) is 13.0. The lowest BCUT2D eigenvalue weighted by Gasteiger charge is -2.34. The van der Waals surface area contributed by atoms with Crippen LogP contribution in [0.2, 0.25) is 0 Å². The second-order valence-corrected chi connectivity index (χ2v) is 4.98. The van der Waals surface area contributed by atoms with E-state index in [1.165, 1.54) is 19.5 Å². The minimum atomic E-state index is -4.32. The Morgan fingerprint density at radius 2 is 2.38 bits per heavy atom. The third-order valence-corrected chi connectivity index (χ3v) is 3.28. The SMILES string of the molecule is CC=[O+]C(=O)C(F)(F)ON(C=O)[C@H]1CN(C)CC=C1c1cnco1. The molecule has 1 amide bonds. The van der Waals surface area contributed by atoms with Crippen LogP contribution in [0.3, 0.4) is 0 Å².